The Morgan fingerprint density at radius 1 is 1.23 bits per heavy atom. The van der Waals surface area contributed by atoms with E-state index in [1.807, 2.05) is 14.0 Å². The lowest BCUT2D eigenvalue weighted by molar-refractivity contribution is -0.122. The molecule has 1 amide bonds. The fourth-order valence-electron chi connectivity index (χ4n) is 5.28. The van der Waals surface area contributed by atoms with Gasteiger partial charge in [-0.15, -0.1) is 0 Å². The molecule has 7 heteroatoms. The Balaban J connectivity index is 1.27. The SMILES string of the molecule is CNCCN1CCN(C2CCC[C@@H](NC(=O)C3Cc4c(F)ccc(C)c4N3)C2)CC1. The molecule has 1 aliphatic carbocycles. The van der Waals surface area contributed by atoms with Crippen LogP contribution < -0.4 is 16.0 Å². The molecule has 166 valence electrons. The van der Waals surface area contributed by atoms with Gasteiger partial charge in [0.15, 0.2) is 0 Å². The van der Waals surface area contributed by atoms with Gasteiger partial charge in [-0.05, 0) is 51.3 Å². The summed E-state index contributed by atoms with van der Waals surface area (Å²) in [7, 11) is 2.00. The minimum absolute atomic E-state index is 0.00698. The number of fused-ring (bicyclic) bond motifs is 1. The largest absolute Gasteiger partial charge is 0.373 e. The predicted molar refractivity (Wildman–Crippen MR) is 118 cm³/mol. The fourth-order valence-corrected chi connectivity index (χ4v) is 5.28. The molecule has 30 heavy (non-hydrogen) atoms. The molecule has 2 heterocycles. The van der Waals surface area contributed by atoms with E-state index in [-0.39, 0.29) is 23.8 Å². The third kappa shape index (κ3) is 4.79. The van der Waals surface area contributed by atoms with E-state index in [1.165, 1.54) is 12.5 Å². The van der Waals surface area contributed by atoms with E-state index in [2.05, 4.69) is 25.8 Å². The summed E-state index contributed by atoms with van der Waals surface area (Å²) in [6.07, 6.45) is 4.87. The molecule has 0 spiro atoms. The Bertz CT molecular complexity index is 718. The van der Waals surface area contributed by atoms with Gasteiger partial charge in [-0.25, -0.2) is 4.39 Å². The van der Waals surface area contributed by atoms with Crippen LogP contribution in [0.2, 0.25) is 0 Å². The number of likely N-dealkylation sites (N-methyl/N-ethyl adjacent to an activating group) is 1. The quantitative estimate of drug-likeness (QED) is 0.658. The van der Waals surface area contributed by atoms with Crippen LogP contribution >= 0.6 is 0 Å². The molecule has 1 saturated heterocycles. The molecule has 2 aliphatic heterocycles. The van der Waals surface area contributed by atoms with Gasteiger partial charge in [-0.1, -0.05) is 6.07 Å². The lowest BCUT2D eigenvalue weighted by atomic mass is 9.89. The average Bonchev–Trinajstić information content (AvgIpc) is 3.23. The number of carbonyl (C=O) groups is 1. The van der Waals surface area contributed by atoms with Gasteiger partial charge in [0, 0.05) is 69.0 Å². The summed E-state index contributed by atoms with van der Waals surface area (Å²) in [6, 6.07) is 3.68. The van der Waals surface area contributed by atoms with Crippen LogP contribution in [0.15, 0.2) is 12.1 Å². The molecule has 4 rings (SSSR count). The average molecular weight is 418 g/mol. The molecule has 0 aromatic heterocycles. The first-order chi connectivity index (χ1) is 14.5. The molecular formula is C23H36FN5O. The highest BCUT2D eigenvalue weighted by molar-refractivity contribution is 5.88. The standard InChI is InChI=1S/C23H36FN5O/c1-16-6-7-20(24)19-15-21(27-22(16)19)23(30)26-17-4-3-5-18(14-17)29-12-10-28(11-13-29)9-8-25-2/h6-7,17-18,21,25,27H,3-5,8-15H2,1-2H3,(H,26,30)/t17-,18?,21?/m1/s1. The van der Waals surface area contributed by atoms with Gasteiger partial charge < -0.3 is 16.0 Å². The molecule has 3 N–H and O–H groups in total. The van der Waals surface area contributed by atoms with E-state index in [0.717, 1.165) is 69.8 Å². The first-order valence-electron chi connectivity index (χ1n) is 11.5. The summed E-state index contributed by atoms with van der Waals surface area (Å²) in [6.45, 7) is 8.61. The Morgan fingerprint density at radius 2 is 2.03 bits per heavy atom. The number of hydrogen-bond acceptors (Lipinski definition) is 5. The van der Waals surface area contributed by atoms with E-state index in [9.17, 15) is 9.18 Å². The molecule has 0 radical (unpaired) electrons. The Kier molecular flexibility index (Phi) is 6.91. The van der Waals surface area contributed by atoms with Gasteiger partial charge in [0.05, 0.1) is 0 Å². The maximum Gasteiger partial charge on any atom is 0.243 e. The van der Waals surface area contributed by atoms with Crippen molar-refractivity contribution in [2.24, 2.45) is 0 Å². The third-order valence-electron chi connectivity index (χ3n) is 7.10. The van der Waals surface area contributed by atoms with Crippen molar-refractivity contribution >= 4 is 11.6 Å². The normalized spacial score (nSPS) is 27.5. The second kappa shape index (κ2) is 9.62. The second-order valence-corrected chi connectivity index (χ2v) is 9.13. The van der Waals surface area contributed by atoms with Crippen molar-refractivity contribution in [3.05, 3.63) is 29.1 Å². The van der Waals surface area contributed by atoms with E-state index >= 15 is 0 Å². The fraction of sp³-hybridized carbons (Fsp3) is 0.696. The number of anilines is 1. The zero-order valence-electron chi connectivity index (χ0n) is 18.3. The summed E-state index contributed by atoms with van der Waals surface area (Å²) in [5.74, 6) is -0.211. The van der Waals surface area contributed by atoms with Gasteiger partial charge >= 0.3 is 0 Å². The maximum absolute atomic E-state index is 14.1. The van der Waals surface area contributed by atoms with Gasteiger partial charge in [-0.2, -0.15) is 0 Å². The molecule has 0 bridgehead atoms. The third-order valence-corrected chi connectivity index (χ3v) is 7.10. The molecular weight excluding hydrogens is 381 g/mol. The smallest absolute Gasteiger partial charge is 0.243 e. The molecule has 3 aliphatic rings. The van der Waals surface area contributed by atoms with Crippen molar-refractivity contribution in [2.45, 2.75) is 57.2 Å². The highest BCUT2D eigenvalue weighted by atomic mass is 19.1. The second-order valence-electron chi connectivity index (χ2n) is 9.13. The van der Waals surface area contributed by atoms with Gasteiger partial charge in [-0.3, -0.25) is 14.6 Å². The number of halogens is 1. The van der Waals surface area contributed by atoms with Crippen LogP contribution in [-0.2, 0) is 11.2 Å². The van der Waals surface area contributed by atoms with Crippen molar-refractivity contribution in [1.29, 1.82) is 0 Å². The number of hydrogen-bond donors (Lipinski definition) is 3. The van der Waals surface area contributed by atoms with Crippen molar-refractivity contribution in [3.8, 4) is 0 Å². The lowest BCUT2D eigenvalue weighted by Crippen LogP contribution is -2.54. The van der Waals surface area contributed by atoms with Crippen LogP contribution in [0.3, 0.4) is 0 Å². The first-order valence-corrected chi connectivity index (χ1v) is 11.5. The number of nitrogens with one attached hydrogen (secondary N) is 3. The van der Waals surface area contributed by atoms with E-state index in [1.54, 1.807) is 6.07 Å². The van der Waals surface area contributed by atoms with E-state index in [4.69, 9.17) is 0 Å². The Hall–Kier alpha value is -1.70. The Morgan fingerprint density at radius 3 is 2.77 bits per heavy atom. The zero-order valence-corrected chi connectivity index (χ0v) is 18.3. The van der Waals surface area contributed by atoms with E-state index in [0.29, 0.717) is 18.0 Å². The number of benzene rings is 1. The summed E-state index contributed by atoms with van der Waals surface area (Å²) in [5, 5.41) is 9.75. The number of amides is 1. The molecule has 1 aromatic carbocycles. The molecule has 1 aromatic rings. The molecule has 3 atom stereocenters. The van der Waals surface area contributed by atoms with Crippen molar-refractivity contribution < 1.29 is 9.18 Å². The lowest BCUT2D eigenvalue weighted by Gasteiger charge is -2.42. The van der Waals surface area contributed by atoms with Crippen molar-refractivity contribution in [3.63, 3.8) is 0 Å². The highest BCUT2D eigenvalue weighted by Gasteiger charge is 2.33. The maximum atomic E-state index is 14.1. The van der Waals surface area contributed by atoms with Crippen LogP contribution in [0, 0.1) is 12.7 Å². The van der Waals surface area contributed by atoms with Gasteiger partial charge in [0.2, 0.25) is 5.91 Å². The number of aryl methyl sites for hydroxylation is 1. The molecule has 6 nitrogen and oxygen atoms in total. The van der Waals surface area contributed by atoms with Crippen molar-refractivity contribution in [1.82, 2.24) is 20.4 Å². The summed E-state index contributed by atoms with van der Waals surface area (Å²) in [5.41, 5.74) is 2.44. The number of rotatable bonds is 6. The zero-order chi connectivity index (χ0) is 21.1. The van der Waals surface area contributed by atoms with Crippen molar-refractivity contribution in [2.75, 3.05) is 51.6 Å². The topological polar surface area (TPSA) is 59.6 Å². The van der Waals surface area contributed by atoms with Gasteiger partial charge in [0.25, 0.3) is 0 Å². The molecule has 1 saturated carbocycles. The summed E-state index contributed by atoms with van der Waals surface area (Å²) < 4.78 is 14.1. The number of nitrogens with zero attached hydrogens (tertiary/aromatic N) is 2. The first kappa shape index (κ1) is 21.5. The van der Waals surface area contributed by atoms with Crippen LogP contribution in [0.25, 0.3) is 0 Å². The Labute approximate surface area is 179 Å². The molecule has 2 unspecified atom stereocenters. The summed E-state index contributed by atoms with van der Waals surface area (Å²) in [4.78, 5) is 18.1. The minimum atomic E-state index is -0.369. The minimum Gasteiger partial charge on any atom is -0.373 e. The summed E-state index contributed by atoms with van der Waals surface area (Å²) >= 11 is 0. The van der Waals surface area contributed by atoms with E-state index < -0.39 is 0 Å². The number of piperazine rings is 1. The highest BCUT2D eigenvalue weighted by Crippen LogP contribution is 2.32. The number of carbonyl (C=O) groups excluding carboxylic acids is 1. The van der Waals surface area contributed by atoms with Crippen LogP contribution in [0.4, 0.5) is 10.1 Å². The van der Waals surface area contributed by atoms with Crippen LogP contribution in [-0.4, -0.2) is 80.1 Å². The predicted octanol–water partition coefficient (Wildman–Crippen LogP) is 1.74. The van der Waals surface area contributed by atoms with Gasteiger partial charge in [0.1, 0.15) is 11.9 Å². The monoisotopic (exact) mass is 417 g/mol. The van der Waals surface area contributed by atoms with Crippen LogP contribution in [0.1, 0.15) is 36.8 Å². The van der Waals surface area contributed by atoms with Crippen LogP contribution in [0.5, 0.6) is 0 Å². The molecule has 2 fully saturated rings.